The Labute approximate surface area is 98.9 Å². The summed E-state index contributed by atoms with van der Waals surface area (Å²) in [6, 6.07) is -0.206. The van der Waals surface area contributed by atoms with E-state index in [0.717, 1.165) is 6.42 Å². The molecule has 100 valence electrons. The average Bonchev–Trinajstić information content (AvgIpc) is 2.43. The van der Waals surface area contributed by atoms with Crippen LogP contribution in [0.5, 0.6) is 0 Å². The molecule has 0 spiro atoms. The Balaban J connectivity index is 2.62. The van der Waals surface area contributed by atoms with Crippen LogP contribution in [0.15, 0.2) is 0 Å². The van der Waals surface area contributed by atoms with Gasteiger partial charge in [-0.05, 0) is 31.6 Å². The molecule has 0 bridgehead atoms. The average molecular weight is 252 g/mol. The summed E-state index contributed by atoms with van der Waals surface area (Å²) in [6.07, 6.45) is -2.45. The quantitative estimate of drug-likeness (QED) is 0.789. The summed E-state index contributed by atoms with van der Waals surface area (Å²) in [5.74, 6) is -1.15. The Kier molecular flexibility index (Phi) is 3.49. The van der Waals surface area contributed by atoms with Gasteiger partial charge in [-0.1, -0.05) is 13.8 Å². The number of hydrogen-bond donors (Lipinski definition) is 2. The van der Waals surface area contributed by atoms with E-state index in [0.29, 0.717) is 19.8 Å². The lowest BCUT2D eigenvalue weighted by Gasteiger charge is -2.28. The molecule has 2 atom stereocenters. The smallest absolute Gasteiger partial charge is 0.351 e. The SMILES string of the molecule is CC1(C)CCC(NC(=O)C(C)(N)C(F)(F)F)C1. The number of carbonyl (C=O) groups is 1. The van der Waals surface area contributed by atoms with Crippen LogP contribution in [0.3, 0.4) is 0 Å². The third kappa shape index (κ3) is 3.12. The minimum absolute atomic E-state index is 0.0706. The Bertz CT molecular complexity index is 310. The van der Waals surface area contributed by atoms with Crippen LogP contribution < -0.4 is 11.1 Å². The maximum absolute atomic E-state index is 12.5. The molecule has 0 aromatic carbocycles. The van der Waals surface area contributed by atoms with Crippen molar-refractivity contribution in [1.29, 1.82) is 0 Å². The second-order valence-electron chi connectivity index (χ2n) is 5.78. The maximum atomic E-state index is 12.5. The number of alkyl halides is 3. The monoisotopic (exact) mass is 252 g/mol. The summed E-state index contributed by atoms with van der Waals surface area (Å²) in [6.45, 7) is 4.76. The van der Waals surface area contributed by atoms with Crippen molar-refractivity contribution in [2.75, 3.05) is 0 Å². The zero-order chi connectivity index (χ0) is 13.5. The largest absolute Gasteiger partial charge is 0.415 e. The van der Waals surface area contributed by atoms with Crippen molar-refractivity contribution >= 4 is 5.91 Å². The van der Waals surface area contributed by atoms with Crippen LogP contribution in [0.4, 0.5) is 13.2 Å². The molecular weight excluding hydrogens is 233 g/mol. The van der Waals surface area contributed by atoms with Gasteiger partial charge in [0.15, 0.2) is 5.54 Å². The number of halogens is 3. The van der Waals surface area contributed by atoms with E-state index >= 15 is 0 Å². The first-order valence-corrected chi connectivity index (χ1v) is 5.62. The molecule has 0 heterocycles. The molecule has 0 saturated heterocycles. The molecule has 0 aliphatic heterocycles. The number of rotatable bonds is 2. The lowest BCUT2D eigenvalue weighted by Crippen LogP contribution is -2.62. The number of amides is 1. The van der Waals surface area contributed by atoms with Gasteiger partial charge in [-0.15, -0.1) is 0 Å². The Morgan fingerprint density at radius 1 is 1.41 bits per heavy atom. The highest BCUT2D eigenvalue weighted by atomic mass is 19.4. The van der Waals surface area contributed by atoms with Crippen LogP contribution in [0.25, 0.3) is 0 Å². The maximum Gasteiger partial charge on any atom is 0.415 e. The third-order valence-electron chi connectivity index (χ3n) is 3.36. The number of carbonyl (C=O) groups excluding carboxylic acids is 1. The second-order valence-corrected chi connectivity index (χ2v) is 5.78. The molecule has 3 nitrogen and oxygen atoms in total. The highest BCUT2D eigenvalue weighted by Gasteiger charge is 2.54. The molecule has 17 heavy (non-hydrogen) atoms. The van der Waals surface area contributed by atoms with Crippen molar-refractivity contribution in [2.45, 2.75) is 57.8 Å². The fourth-order valence-electron chi connectivity index (χ4n) is 2.02. The van der Waals surface area contributed by atoms with Gasteiger partial charge in [0.25, 0.3) is 0 Å². The van der Waals surface area contributed by atoms with Gasteiger partial charge in [-0.25, -0.2) is 0 Å². The Morgan fingerprint density at radius 2 is 1.94 bits per heavy atom. The van der Waals surface area contributed by atoms with Crippen LogP contribution in [0.1, 0.15) is 40.0 Å². The molecule has 0 aromatic heterocycles. The molecule has 1 fully saturated rings. The molecule has 0 radical (unpaired) electrons. The third-order valence-corrected chi connectivity index (χ3v) is 3.36. The highest BCUT2D eigenvalue weighted by molar-refractivity contribution is 5.86. The van der Waals surface area contributed by atoms with E-state index in [9.17, 15) is 18.0 Å². The van der Waals surface area contributed by atoms with Gasteiger partial charge in [0.2, 0.25) is 5.91 Å². The molecule has 6 heteroatoms. The Hall–Kier alpha value is -0.780. The fourth-order valence-corrected chi connectivity index (χ4v) is 2.02. The van der Waals surface area contributed by atoms with Crippen molar-refractivity contribution in [3.63, 3.8) is 0 Å². The van der Waals surface area contributed by atoms with E-state index < -0.39 is 17.6 Å². The van der Waals surface area contributed by atoms with Gasteiger partial charge < -0.3 is 11.1 Å². The van der Waals surface area contributed by atoms with Crippen molar-refractivity contribution < 1.29 is 18.0 Å². The van der Waals surface area contributed by atoms with E-state index in [1.807, 2.05) is 13.8 Å². The molecule has 1 aliphatic carbocycles. The summed E-state index contributed by atoms with van der Waals surface area (Å²) in [5.41, 5.74) is 2.30. The lowest BCUT2D eigenvalue weighted by molar-refractivity contribution is -0.187. The topological polar surface area (TPSA) is 55.1 Å². The van der Waals surface area contributed by atoms with E-state index in [4.69, 9.17) is 5.73 Å². The first-order chi connectivity index (χ1) is 7.46. The van der Waals surface area contributed by atoms with Crippen LogP contribution in [-0.4, -0.2) is 23.7 Å². The summed E-state index contributed by atoms with van der Waals surface area (Å²) >= 11 is 0. The van der Waals surface area contributed by atoms with Crippen molar-refractivity contribution in [2.24, 2.45) is 11.1 Å². The highest BCUT2D eigenvalue weighted by Crippen LogP contribution is 2.37. The van der Waals surface area contributed by atoms with Crippen molar-refractivity contribution in [3.8, 4) is 0 Å². The van der Waals surface area contributed by atoms with Crippen LogP contribution in [0, 0.1) is 5.41 Å². The predicted molar refractivity (Wildman–Crippen MR) is 58.2 cm³/mol. The lowest BCUT2D eigenvalue weighted by atomic mass is 9.91. The fraction of sp³-hybridized carbons (Fsp3) is 0.909. The summed E-state index contributed by atoms with van der Waals surface area (Å²) in [5, 5.41) is 2.40. The molecule has 3 N–H and O–H groups in total. The van der Waals surface area contributed by atoms with E-state index in [1.54, 1.807) is 0 Å². The van der Waals surface area contributed by atoms with Gasteiger partial charge in [-0.3, -0.25) is 4.79 Å². The number of nitrogens with two attached hydrogens (primary N) is 1. The first-order valence-electron chi connectivity index (χ1n) is 5.62. The summed E-state index contributed by atoms with van der Waals surface area (Å²) in [7, 11) is 0. The molecular formula is C11H19F3N2O. The van der Waals surface area contributed by atoms with E-state index in [1.165, 1.54) is 0 Å². The van der Waals surface area contributed by atoms with Crippen molar-refractivity contribution in [3.05, 3.63) is 0 Å². The van der Waals surface area contributed by atoms with Gasteiger partial charge in [0.1, 0.15) is 0 Å². The standard InChI is InChI=1S/C11H19F3N2O/c1-9(2)5-4-7(6-9)16-8(17)10(3,15)11(12,13)14/h7H,4-6,15H2,1-3H3,(H,16,17). The normalized spacial score (nSPS) is 27.6. The zero-order valence-electron chi connectivity index (χ0n) is 10.3. The first kappa shape index (κ1) is 14.3. The molecule has 0 aromatic rings. The van der Waals surface area contributed by atoms with Gasteiger partial charge in [0.05, 0.1) is 0 Å². The summed E-state index contributed by atoms with van der Waals surface area (Å²) in [4.78, 5) is 11.5. The minimum atomic E-state index is -4.73. The second kappa shape index (κ2) is 4.15. The van der Waals surface area contributed by atoms with Crippen LogP contribution in [-0.2, 0) is 4.79 Å². The minimum Gasteiger partial charge on any atom is -0.351 e. The number of nitrogens with one attached hydrogen (secondary N) is 1. The van der Waals surface area contributed by atoms with E-state index in [2.05, 4.69) is 5.32 Å². The molecule has 2 unspecified atom stereocenters. The van der Waals surface area contributed by atoms with Gasteiger partial charge in [0, 0.05) is 6.04 Å². The van der Waals surface area contributed by atoms with Crippen molar-refractivity contribution in [1.82, 2.24) is 5.32 Å². The molecule has 1 saturated carbocycles. The summed E-state index contributed by atoms with van der Waals surface area (Å²) < 4.78 is 37.6. The van der Waals surface area contributed by atoms with E-state index in [-0.39, 0.29) is 11.5 Å². The molecule has 1 amide bonds. The Morgan fingerprint density at radius 3 is 2.29 bits per heavy atom. The molecule has 1 aliphatic rings. The van der Waals surface area contributed by atoms with Crippen LogP contribution in [0.2, 0.25) is 0 Å². The van der Waals surface area contributed by atoms with Gasteiger partial charge in [-0.2, -0.15) is 13.2 Å². The molecule has 1 rings (SSSR count). The predicted octanol–water partition coefficient (Wildman–Crippen LogP) is 1.96. The van der Waals surface area contributed by atoms with Gasteiger partial charge >= 0.3 is 6.18 Å². The number of hydrogen-bond acceptors (Lipinski definition) is 2. The van der Waals surface area contributed by atoms with Crippen LogP contribution >= 0.6 is 0 Å². The zero-order valence-corrected chi connectivity index (χ0v) is 10.3.